The predicted molar refractivity (Wildman–Crippen MR) is 94.7 cm³/mol. The van der Waals surface area contributed by atoms with Gasteiger partial charge in [-0.25, -0.2) is 9.78 Å². The van der Waals surface area contributed by atoms with Crippen LogP contribution >= 0.6 is 11.3 Å². The maximum absolute atomic E-state index is 12.0. The predicted octanol–water partition coefficient (Wildman–Crippen LogP) is 2.78. The molecular formula is C18H16N2O4S. The van der Waals surface area contributed by atoms with Gasteiger partial charge in [0, 0.05) is 6.54 Å². The smallest absolute Gasteiger partial charge is 0.338 e. The Morgan fingerprint density at radius 3 is 2.92 bits per heavy atom. The summed E-state index contributed by atoms with van der Waals surface area (Å²) in [6.07, 6.45) is 0. The van der Waals surface area contributed by atoms with Crippen LogP contribution in [0.3, 0.4) is 0 Å². The lowest BCUT2D eigenvalue weighted by Gasteiger charge is -2.08. The van der Waals surface area contributed by atoms with Crippen LogP contribution in [0, 0.1) is 0 Å². The normalized spacial score (nSPS) is 10.4. The summed E-state index contributed by atoms with van der Waals surface area (Å²) >= 11 is 1.44. The number of amides is 1. The molecule has 0 aliphatic carbocycles. The number of carbonyl (C=O) groups excluding carboxylic acids is 2. The molecule has 0 atom stereocenters. The van der Waals surface area contributed by atoms with Gasteiger partial charge >= 0.3 is 5.97 Å². The van der Waals surface area contributed by atoms with E-state index in [1.54, 1.807) is 30.8 Å². The molecule has 0 saturated heterocycles. The molecule has 0 saturated carbocycles. The molecule has 1 aromatic heterocycles. The van der Waals surface area contributed by atoms with Gasteiger partial charge in [-0.15, -0.1) is 11.3 Å². The monoisotopic (exact) mass is 356 g/mol. The SMILES string of the molecule is COc1cccc(CNC(=O)COC(=O)c2ccc3ncsc3c2)c1. The third-order valence-electron chi connectivity index (χ3n) is 3.53. The van der Waals surface area contributed by atoms with E-state index in [1.807, 2.05) is 24.3 Å². The summed E-state index contributed by atoms with van der Waals surface area (Å²) in [7, 11) is 1.58. The molecule has 3 aromatic rings. The third kappa shape index (κ3) is 4.33. The first-order valence-corrected chi connectivity index (χ1v) is 8.43. The summed E-state index contributed by atoms with van der Waals surface area (Å²) < 4.78 is 11.1. The van der Waals surface area contributed by atoms with E-state index < -0.39 is 5.97 Å². The van der Waals surface area contributed by atoms with Gasteiger partial charge in [0.2, 0.25) is 0 Å². The fourth-order valence-corrected chi connectivity index (χ4v) is 2.95. The molecule has 128 valence electrons. The number of nitrogens with one attached hydrogen (secondary N) is 1. The van der Waals surface area contributed by atoms with E-state index in [0.717, 1.165) is 21.5 Å². The number of ether oxygens (including phenoxy) is 2. The first-order chi connectivity index (χ1) is 12.2. The molecule has 7 heteroatoms. The number of esters is 1. The molecule has 0 aliphatic heterocycles. The number of fused-ring (bicyclic) bond motifs is 1. The van der Waals surface area contributed by atoms with Crippen molar-refractivity contribution in [2.45, 2.75) is 6.54 Å². The van der Waals surface area contributed by atoms with Gasteiger partial charge in [-0.3, -0.25) is 4.79 Å². The fourth-order valence-electron chi connectivity index (χ4n) is 2.23. The minimum Gasteiger partial charge on any atom is -0.497 e. The Morgan fingerprint density at radius 2 is 2.08 bits per heavy atom. The van der Waals surface area contributed by atoms with Crippen LogP contribution < -0.4 is 10.1 Å². The van der Waals surface area contributed by atoms with Crippen LogP contribution in [0.4, 0.5) is 0 Å². The van der Waals surface area contributed by atoms with Crippen LogP contribution in [0.1, 0.15) is 15.9 Å². The van der Waals surface area contributed by atoms with Crippen LogP contribution in [-0.4, -0.2) is 30.6 Å². The molecule has 1 amide bonds. The number of methoxy groups -OCH3 is 1. The second-order valence-corrected chi connectivity index (χ2v) is 6.13. The number of benzene rings is 2. The Morgan fingerprint density at radius 1 is 1.20 bits per heavy atom. The quantitative estimate of drug-likeness (QED) is 0.687. The molecule has 0 radical (unpaired) electrons. The number of carbonyl (C=O) groups is 2. The Hall–Kier alpha value is -2.93. The molecule has 0 fully saturated rings. The van der Waals surface area contributed by atoms with E-state index in [9.17, 15) is 9.59 Å². The number of nitrogens with zero attached hydrogens (tertiary/aromatic N) is 1. The van der Waals surface area contributed by atoms with Gasteiger partial charge in [-0.2, -0.15) is 0 Å². The van der Waals surface area contributed by atoms with Gasteiger partial charge in [-0.1, -0.05) is 12.1 Å². The Kier molecular flexibility index (Phi) is 5.25. The molecule has 1 N–H and O–H groups in total. The molecule has 0 bridgehead atoms. The van der Waals surface area contributed by atoms with E-state index >= 15 is 0 Å². The number of aromatic nitrogens is 1. The zero-order chi connectivity index (χ0) is 17.6. The molecule has 0 unspecified atom stereocenters. The average molecular weight is 356 g/mol. The lowest BCUT2D eigenvalue weighted by atomic mass is 10.2. The van der Waals surface area contributed by atoms with Crippen LogP contribution in [0.5, 0.6) is 5.75 Å². The Bertz CT molecular complexity index is 907. The van der Waals surface area contributed by atoms with E-state index in [4.69, 9.17) is 9.47 Å². The number of thiazole rings is 1. The lowest BCUT2D eigenvalue weighted by molar-refractivity contribution is -0.124. The number of rotatable bonds is 6. The van der Waals surface area contributed by atoms with E-state index in [2.05, 4.69) is 10.3 Å². The van der Waals surface area contributed by atoms with Gasteiger partial charge in [-0.05, 0) is 35.9 Å². The molecule has 1 heterocycles. The minimum atomic E-state index is -0.535. The number of hydrogen-bond donors (Lipinski definition) is 1. The molecular weight excluding hydrogens is 340 g/mol. The highest BCUT2D eigenvalue weighted by Crippen LogP contribution is 2.19. The van der Waals surface area contributed by atoms with Crippen molar-refractivity contribution in [1.29, 1.82) is 0 Å². The summed E-state index contributed by atoms with van der Waals surface area (Å²) in [4.78, 5) is 28.0. The molecule has 25 heavy (non-hydrogen) atoms. The van der Waals surface area contributed by atoms with Crippen LogP contribution in [0.15, 0.2) is 48.0 Å². The highest BCUT2D eigenvalue weighted by Gasteiger charge is 2.11. The summed E-state index contributed by atoms with van der Waals surface area (Å²) in [5.74, 6) is -0.182. The maximum Gasteiger partial charge on any atom is 0.338 e. The Labute approximate surface area is 148 Å². The van der Waals surface area contributed by atoms with Gasteiger partial charge < -0.3 is 14.8 Å². The first kappa shape index (κ1) is 16.9. The molecule has 6 nitrogen and oxygen atoms in total. The number of hydrogen-bond acceptors (Lipinski definition) is 6. The van der Waals surface area contributed by atoms with E-state index in [1.165, 1.54) is 11.3 Å². The van der Waals surface area contributed by atoms with Crippen molar-refractivity contribution < 1.29 is 19.1 Å². The summed E-state index contributed by atoms with van der Waals surface area (Å²) in [5, 5.41) is 2.70. The van der Waals surface area contributed by atoms with Crippen molar-refractivity contribution in [3.8, 4) is 5.75 Å². The first-order valence-electron chi connectivity index (χ1n) is 7.56. The second kappa shape index (κ2) is 7.76. The fraction of sp³-hybridized carbons (Fsp3) is 0.167. The summed E-state index contributed by atoms with van der Waals surface area (Å²) in [6, 6.07) is 12.5. The van der Waals surface area contributed by atoms with Crippen LogP contribution in [0.25, 0.3) is 10.2 Å². The van der Waals surface area contributed by atoms with Gasteiger partial charge in [0.1, 0.15) is 5.75 Å². The molecule has 3 rings (SSSR count). The zero-order valence-electron chi connectivity index (χ0n) is 13.5. The minimum absolute atomic E-state index is 0.330. The second-order valence-electron chi connectivity index (χ2n) is 5.24. The highest BCUT2D eigenvalue weighted by molar-refractivity contribution is 7.16. The lowest BCUT2D eigenvalue weighted by Crippen LogP contribution is -2.28. The Balaban J connectivity index is 1.50. The van der Waals surface area contributed by atoms with Crippen LogP contribution in [-0.2, 0) is 16.1 Å². The van der Waals surface area contributed by atoms with Crippen molar-refractivity contribution in [2.75, 3.05) is 13.7 Å². The van der Waals surface area contributed by atoms with Gasteiger partial charge in [0.25, 0.3) is 5.91 Å². The summed E-state index contributed by atoms with van der Waals surface area (Å²) in [6.45, 7) is 0.00391. The van der Waals surface area contributed by atoms with Gasteiger partial charge in [0.05, 0.1) is 28.4 Å². The van der Waals surface area contributed by atoms with Crippen molar-refractivity contribution >= 4 is 33.4 Å². The topological polar surface area (TPSA) is 77.5 Å². The van der Waals surface area contributed by atoms with Crippen LogP contribution in [0.2, 0.25) is 0 Å². The highest BCUT2D eigenvalue weighted by atomic mass is 32.1. The average Bonchev–Trinajstić information content (AvgIpc) is 3.12. The van der Waals surface area contributed by atoms with Crippen molar-refractivity contribution in [2.24, 2.45) is 0 Å². The molecule has 2 aromatic carbocycles. The summed E-state index contributed by atoms with van der Waals surface area (Å²) in [5.41, 5.74) is 3.84. The zero-order valence-corrected chi connectivity index (χ0v) is 14.3. The molecule has 0 spiro atoms. The van der Waals surface area contributed by atoms with E-state index in [-0.39, 0.29) is 12.5 Å². The maximum atomic E-state index is 12.0. The largest absolute Gasteiger partial charge is 0.497 e. The van der Waals surface area contributed by atoms with Gasteiger partial charge in [0.15, 0.2) is 6.61 Å². The van der Waals surface area contributed by atoms with Crippen molar-refractivity contribution in [3.05, 3.63) is 59.1 Å². The molecule has 0 aliphatic rings. The van der Waals surface area contributed by atoms with Crippen molar-refractivity contribution in [3.63, 3.8) is 0 Å². The standard InChI is InChI=1S/C18H16N2O4S/c1-23-14-4-2-3-12(7-14)9-19-17(21)10-24-18(22)13-5-6-15-16(8-13)25-11-20-15/h2-8,11H,9-10H2,1H3,(H,19,21). The van der Waals surface area contributed by atoms with E-state index in [0.29, 0.717) is 12.1 Å². The van der Waals surface area contributed by atoms with Crippen molar-refractivity contribution in [1.82, 2.24) is 10.3 Å². The third-order valence-corrected chi connectivity index (χ3v) is 4.32.